The summed E-state index contributed by atoms with van der Waals surface area (Å²) in [6, 6.07) is 10.7. The van der Waals surface area contributed by atoms with Gasteiger partial charge in [-0.25, -0.2) is 4.98 Å². The van der Waals surface area contributed by atoms with Gasteiger partial charge in [-0.3, -0.25) is 9.69 Å². The maximum atomic E-state index is 12.8. The molecule has 0 radical (unpaired) electrons. The smallest absolute Gasteiger partial charge is 0.222 e. The number of imidazole rings is 1. The quantitative estimate of drug-likeness (QED) is 0.632. The lowest BCUT2D eigenvalue weighted by atomic mass is 10.0. The van der Waals surface area contributed by atoms with E-state index in [4.69, 9.17) is 0 Å². The molecule has 1 amide bonds. The number of carbonyl (C=O) groups is 1. The Balaban J connectivity index is 0.00000289. The minimum absolute atomic E-state index is 0. The normalized spacial score (nSPS) is 19.2. The molecule has 1 atom stereocenters. The van der Waals surface area contributed by atoms with Crippen molar-refractivity contribution in [2.24, 2.45) is 7.05 Å². The van der Waals surface area contributed by atoms with Crippen molar-refractivity contribution in [1.29, 1.82) is 0 Å². The first-order chi connectivity index (χ1) is 15.2. The number of hydrogen-bond acceptors (Lipinski definition) is 4. The molecule has 32 heavy (non-hydrogen) atoms. The Morgan fingerprint density at radius 3 is 2.28 bits per heavy atom. The van der Waals surface area contributed by atoms with Crippen LogP contribution in [0.2, 0.25) is 0 Å². The third kappa shape index (κ3) is 6.33. The van der Waals surface area contributed by atoms with Crippen molar-refractivity contribution in [2.45, 2.75) is 44.6 Å². The lowest BCUT2D eigenvalue weighted by Crippen LogP contribution is -2.50. The van der Waals surface area contributed by atoms with Crippen LogP contribution in [0.3, 0.4) is 0 Å². The van der Waals surface area contributed by atoms with Crippen molar-refractivity contribution < 1.29 is 4.79 Å². The summed E-state index contributed by atoms with van der Waals surface area (Å²) in [4.78, 5) is 24.5. The van der Waals surface area contributed by atoms with Crippen molar-refractivity contribution >= 4 is 18.3 Å². The Kier molecular flexibility index (Phi) is 9.57. The van der Waals surface area contributed by atoms with Crippen LogP contribution in [0.1, 0.15) is 56.0 Å². The topological polar surface area (TPSA) is 44.6 Å². The summed E-state index contributed by atoms with van der Waals surface area (Å²) in [5, 5.41) is 0. The van der Waals surface area contributed by atoms with Gasteiger partial charge in [0.25, 0.3) is 0 Å². The van der Waals surface area contributed by atoms with Crippen LogP contribution < -0.4 is 0 Å². The molecule has 1 aromatic heterocycles. The van der Waals surface area contributed by atoms with Crippen LogP contribution in [-0.4, -0.2) is 76.0 Å². The SMILES string of the molecule is Cl.Cn1ccnc1C(c1ccccc1)N1CCN(C(=O)CCCN2CCCCCC2)CC1. The van der Waals surface area contributed by atoms with E-state index >= 15 is 0 Å². The van der Waals surface area contributed by atoms with Crippen molar-refractivity contribution in [3.05, 3.63) is 54.1 Å². The second-order valence-corrected chi connectivity index (χ2v) is 8.99. The largest absolute Gasteiger partial charge is 0.340 e. The van der Waals surface area contributed by atoms with E-state index in [1.807, 2.05) is 12.4 Å². The summed E-state index contributed by atoms with van der Waals surface area (Å²) in [7, 11) is 2.06. The molecule has 4 rings (SSSR count). The second kappa shape index (κ2) is 12.4. The van der Waals surface area contributed by atoms with Gasteiger partial charge in [-0.2, -0.15) is 0 Å². The standard InChI is InChI=1S/C25H37N5O.ClH/c1-27-17-13-26-25(27)24(22-10-5-4-6-11-22)30-20-18-29(19-21-30)23(31)12-9-16-28-14-7-2-3-8-15-28;/h4-6,10-11,13,17,24H,2-3,7-9,12,14-16,18-21H2,1H3;1H. The number of halogens is 1. The predicted molar refractivity (Wildman–Crippen MR) is 131 cm³/mol. The summed E-state index contributed by atoms with van der Waals surface area (Å²) in [6.45, 7) is 6.85. The van der Waals surface area contributed by atoms with Crippen LogP contribution in [0, 0.1) is 0 Å². The highest BCUT2D eigenvalue weighted by atomic mass is 35.5. The van der Waals surface area contributed by atoms with Gasteiger partial charge >= 0.3 is 0 Å². The highest BCUT2D eigenvalue weighted by Gasteiger charge is 2.30. The minimum atomic E-state index is 0. The number of carbonyl (C=O) groups excluding carboxylic acids is 1. The molecule has 7 heteroatoms. The van der Waals surface area contributed by atoms with Crippen molar-refractivity contribution in [3.63, 3.8) is 0 Å². The number of benzene rings is 1. The van der Waals surface area contributed by atoms with Crippen molar-refractivity contribution in [3.8, 4) is 0 Å². The van der Waals surface area contributed by atoms with Crippen LogP contribution in [0.15, 0.2) is 42.7 Å². The average molecular weight is 460 g/mol. The van der Waals surface area contributed by atoms with E-state index in [9.17, 15) is 4.79 Å². The van der Waals surface area contributed by atoms with Gasteiger partial charge in [0, 0.05) is 52.0 Å². The van der Waals surface area contributed by atoms with Gasteiger partial charge in [0.1, 0.15) is 5.82 Å². The van der Waals surface area contributed by atoms with E-state index in [0.717, 1.165) is 45.0 Å². The lowest BCUT2D eigenvalue weighted by molar-refractivity contribution is -0.133. The predicted octanol–water partition coefficient (Wildman–Crippen LogP) is 3.73. The van der Waals surface area contributed by atoms with Crippen molar-refractivity contribution in [2.75, 3.05) is 45.8 Å². The van der Waals surface area contributed by atoms with Gasteiger partial charge < -0.3 is 14.4 Å². The molecule has 0 bridgehead atoms. The fourth-order valence-corrected chi connectivity index (χ4v) is 5.00. The molecule has 1 unspecified atom stereocenters. The number of aryl methyl sites for hydroxylation is 1. The van der Waals surface area contributed by atoms with Gasteiger partial charge in [0.15, 0.2) is 0 Å². The van der Waals surface area contributed by atoms with Gasteiger partial charge in [-0.05, 0) is 44.5 Å². The first-order valence-electron chi connectivity index (χ1n) is 12.0. The lowest BCUT2D eigenvalue weighted by Gasteiger charge is -2.39. The van der Waals surface area contributed by atoms with Crippen LogP contribution >= 0.6 is 12.4 Å². The number of nitrogens with zero attached hydrogens (tertiary/aromatic N) is 5. The number of likely N-dealkylation sites (tertiary alicyclic amines) is 1. The van der Waals surface area contributed by atoms with Crippen molar-refractivity contribution in [1.82, 2.24) is 24.3 Å². The molecule has 2 fully saturated rings. The molecule has 2 aliphatic heterocycles. The molecule has 1 aromatic carbocycles. The van der Waals surface area contributed by atoms with Gasteiger partial charge in [-0.15, -0.1) is 12.4 Å². The molecule has 176 valence electrons. The Bertz CT molecular complexity index is 811. The van der Waals surface area contributed by atoms with Crippen LogP contribution in [0.5, 0.6) is 0 Å². The van der Waals surface area contributed by atoms with E-state index < -0.39 is 0 Å². The van der Waals surface area contributed by atoms with Gasteiger partial charge in [0.2, 0.25) is 5.91 Å². The molecular formula is C25H38ClN5O. The van der Waals surface area contributed by atoms with Crippen LogP contribution in [-0.2, 0) is 11.8 Å². The molecular weight excluding hydrogens is 422 g/mol. The second-order valence-electron chi connectivity index (χ2n) is 8.99. The van der Waals surface area contributed by atoms with E-state index in [1.54, 1.807) is 0 Å². The van der Waals surface area contributed by atoms with E-state index in [2.05, 4.69) is 61.6 Å². The zero-order valence-corrected chi connectivity index (χ0v) is 20.2. The number of aromatic nitrogens is 2. The molecule has 0 aliphatic carbocycles. The molecule has 0 spiro atoms. The molecule has 0 saturated carbocycles. The average Bonchev–Trinajstić information content (AvgIpc) is 3.05. The fourth-order valence-electron chi connectivity index (χ4n) is 5.00. The molecule has 0 N–H and O–H groups in total. The summed E-state index contributed by atoms with van der Waals surface area (Å²) >= 11 is 0. The highest BCUT2D eigenvalue weighted by Crippen LogP contribution is 2.28. The first kappa shape index (κ1) is 24.7. The maximum Gasteiger partial charge on any atom is 0.222 e. The minimum Gasteiger partial charge on any atom is -0.340 e. The number of amides is 1. The van der Waals surface area contributed by atoms with Gasteiger partial charge in [0.05, 0.1) is 6.04 Å². The van der Waals surface area contributed by atoms with E-state index in [-0.39, 0.29) is 18.4 Å². The number of rotatable bonds is 7. The molecule has 2 saturated heterocycles. The third-order valence-electron chi connectivity index (χ3n) is 6.81. The number of hydrogen-bond donors (Lipinski definition) is 0. The maximum absolute atomic E-state index is 12.8. The summed E-state index contributed by atoms with van der Waals surface area (Å²) < 4.78 is 2.11. The Labute approximate surface area is 199 Å². The summed E-state index contributed by atoms with van der Waals surface area (Å²) in [5.74, 6) is 1.38. The zero-order valence-electron chi connectivity index (χ0n) is 19.4. The van der Waals surface area contributed by atoms with Gasteiger partial charge in [-0.1, -0.05) is 43.2 Å². The number of piperazine rings is 1. The third-order valence-corrected chi connectivity index (χ3v) is 6.81. The Morgan fingerprint density at radius 1 is 0.969 bits per heavy atom. The summed E-state index contributed by atoms with van der Waals surface area (Å²) in [6.07, 6.45) is 10.9. The zero-order chi connectivity index (χ0) is 21.5. The van der Waals surface area contributed by atoms with E-state index in [0.29, 0.717) is 12.3 Å². The fraction of sp³-hybridized carbons (Fsp3) is 0.600. The Hall–Kier alpha value is -1.89. The molecule has 3 heterocycles. The van der Waals surface area contributed by atoms with Crippen LogP contribution in [0.25, 0.3) is 0 Å². The highest BCUT2D eigenvalue weighted by molar-refractivity contribution is 5.85. The van der Waals surface area contributed by atoms with Crippen LogP contribution in [0.4, 0.5) is 0 Å². The first-order valence-corrected chi connectivity index (χ1v) is 12.0. The summed E-state index contributed by atoms with van der Waals surface area (Å²) in [5.41, 5.74) is 1.26. The molecule has 2 aromatic rings. The Morgan fingerprint density at radius 2 is 1.66 bits per heavy atom. The molecule has 2 aliphatic rings. The molecule has 6 nitrogen and oxygen atoms in total. The van der Waals surface area contributed by atoms with E-state index in [1.165, 1.54) is 44.3 Å². The monoisotopic (exact) mass is 459 g/mol.